The molecule has 2 rings (SSSR count). The fourth-order valence-electron chi connectivity index (χ4n) is 2.09. The highest BCUT2D eigenvalue weighted by Gasteiger charge is 2.18. The molecule has 2 heterocycles. The van der Waals surface area contributed by atoms with E-state index in [1.165, 1.54) is 0 Å². The molecule has 0 N–H and O–H groups in total. The summed E-state index contributed by atoms with van der Waals surface area (Å²) in [4.78, 5) is 6.62. The Morgan fingerprint density at radius 2 is 2.35 bits per heavy atom. The van der Waals surface area contributed by atoms with Gasteiger partial charge in [0.1, 0.15) is 17.6 Å². The van der Waals surface area contributed by atoms with Crippen LogP contribution in [0.5, 0.6) is 0 Å². The molecule has 1 aromatic heterocycles. The molecule has 1 unspecified atom stereocenters. The third-order valence-electron chi connectivity index (χ3n) is 2.94. The number of aromatic nitrogens is 1. The fourth-order valence-corrected chi connectivity index (χ4v) is 2.09. The summed E-state index contributed by atoms with van der Waals surface area (Å²) in [6.07, 6.45) is 1.21. The lowest BCUT2D eigenvalue weighted by molar-refractivity contribution is 0.0820. The second-order valence-corrected chi connectivity index (χ2v) is 4.43. The molecule has 1 atom stereocenters. The molecular weight excluding hydrogens is 214 g/mol. The fraction of sp³-hybridized carbons (Fsp3) is 0.538. The van der Waals surface area contributed by atoms with E-state index in [0.29, 0.717) is 5.69 Å². The number of anilines is 1. The standard InChI is InChI=1S/C13H17N3O/c1-10-4-5-12(8-14)15-13(10)16-6-3-7-17-11(2)9-16/h4-5,11H,3,6-7,9H2,1-2H3. The zero-order valence-corrected chi connectivity index (χ0v) is 10.3. The van der Waals surface area contributed by atoms with Crippen molar-refractivity contribution in [1.29, 1.82) is 5.26 Å². The van der Waals surface area contributed by atoms with Gasteiger partial charge in [-0.1, -0.05) is 6.07 Å². The smallest absolute Gasteiger partial charge is 0.142 e. The Morgan fingerprint density at radius 1 is 1.53 bits per heavy atom. The quantitative estimate of drug-likeness (QED) is 0.740. The van der Waals surface area contributed by atoms with Crippen LogP contribution < -0.4 is 4.90 Å². The van der Waals surface area contributed by atoms with Crippen molar-refractivity contribution in [2.45, 2.75) is 26.4 Å². The van der Waals surface area contributed by atoms with E-state index >= 15 is 0 Å². The van der Waals surface area contributed by atoms with Crippen LogP contribution in [-0.4, -0.2) is 30.8 Å². The molecule has 4 heteroatoms. The van der Waals surface area contributed by atoms with Crippen LogP contribution in [0, 0.1) is 18.3 Å². The first-order valence-corrected chi connectivity index (χ1v) is 5.95. The maximum absolute atomic E-state index is 8.90. The Bertz CT molecular complexity index is 439. The number of ether oxygens (including phenoxy) is 1. The second kappa shape index (κ2) is 5.15. The van der Waals surface area contributed by atoms with Gasteiger partial charge in [0.25, 0.3) is 0 Å². The van der Waals surface area contributed by atoms with E-state index in [1.807, 2.05) is 13.0 Å². The van der Waals surface area contributed by atoms with E-state index in [0.717, 1.165) is 37.5 Å². The maximum Gasteiger partial charge on any atom is 0.142 e. The molecule has 1 fully saturated rings. The molecular formula is C13H17N3O. The van der Waals surface area contributed by atoms with Crippen LogP contribution in [0.15, 0.2) is 12.1 Å². The van der Waals surface area contributed by atoms with Gasteiger partial charge in [0.2, 0.25) is 0 Å². The van der Waals surface area contributed by atoms with E-state index in [1.54, 1.807) is 6.07 Å². The predicted octanol–water partition coefficient (Wildman–Crippen LogP) is 1.88. The van der Waals surface area contributed by atoms with Gasteiger partial charge in [-0.05, 0) is 31.9 Å². The maximum atomic E-state index is 8.90. The summed E-state index contributed by atoms with van der Waals surface area (Å²) >= 11 is 0. The van der Waals surface area contributed by atoms with Crippen molar-refractivity contribution in [3.8, 4) is 6.07 Å². The molecule has 0 aliphatic carbocycles. The van der Waals surface area contributed by atoms with E-state index in [2.05, 4.69) is 22.9 Å². The van der Waals surface area contributed by atoms with Crippen LogP contribution in [-0.2, 0) is 4.74 Å². The zero-order valence-electron chi connectivity index (χ0n) is 10.3. The molecule has 1 aromatic rings. The van der Waals surface area contributed by atoms with E-state index in [4.69, 9.17) is 10.00 Å². The molecule has 0 saturated carbocycles. The third-order valence-corrected chi connectivity index (χ3v) is 2.94. The topological polar surface area (TPSA) is 49.2 Å². The van der Waals surface area contributed by atoms with Crippen molar-refractivity contribution in [3.63, 3.8) is 0 Å². The number of hydrogen-bond donors (Lipinski definition) is 0. The van der Waals surface area contributed by atoms with Crippen molar-refractivity contribution in [1.82, 2.24) is 4.98 Å². The Kier molecular flexibility index (Phi) is 3.60. The van der Waals surface area contributed by atoms with Gasteiger partial charge in [-0.25, -0.2) is 4.98 Å². The molecule has 90 valence electrons. The lowest BCUT2D eigenvalue weighted by atomic mass is 10.2. The normalized spacial score (nSPS) is 20.8. The van der Waals surface area contributed by atoms with Crippen molar-refractivity contribution < 1.29 is 4.74 Å². The Balaban J connectivity index is 2.28. The van der Waals surface area contributed by atoms with Gasteiger partial charge in [0, 0.05) is 19.7 Å². The van der Waals surface area contributed by atoms with Crippen LogP contribution in [0.3, 0.4) is 0 Å². The summed E-state index contributed by atoms with van der Waals surface area (Å²) in [5, 5.41) is 8.90. The number of hydrogen-bond acceptors (Lipinski definition) is 4. The summed E-state index contributed by atoms with van der Waals surface area (Å²) < 4.78 is 5.62. The molecule has 0 bridgehead atoms. The summed E-state index contributed by atoms with van der Waals surface area (Å²) in [5.74, 6) is 0.918. The second-order valence-electron chi connectivity index (χ2n) is 4.43. The Morgan fingerprint density at radius 3 is 3.12 bits per heavy atom. The number of pyridine rings is 1. The summed E-state index contributed by atoms with van der Waals surface area (Å²) in [6, 6.07) is 5.81. The van der Waals surface area contributed by atoms with Crippen molar-refractivity contribution in [2.75, 3.05) is 24.6 Å². The van der Waals surface area contributed by atoms with Crippen molar-refractivity contribution >= 4 is 5.82 Å². The molecule has 0 spiro atoms. The minimum atomic E-state index is 0.212. The van der Waals surface area contributed by atoms with Crippen LogP contribution >= 0.6 is 0 Å². The minimum Gasteiger partial charge on any atom is -0.377 e. The van der Waals surface area contributed by atoms with Gasteiger partial charge < -0.3 is 9.64 Å². The predicted molar refractivity (Wildman–Crippen MR) is 65.9 cm³/mol. The molecule has 1 saturated heterocycles. The molecule has 0 amide bonds. The van der Waals surface area contributed by atoms with E-state index in [9.17, 15) is 0 Å². The van der Waals surface area contributed by atoms with Crippen LogP contribution in [0.2, 0.25) is 0 Å². The molecule has 0 radical (unpaired) electrons. The lowest BCUT2D eigenvalue weighted by Gasteiger charge is -2.24. The Labute approximate surface area is 102 Å². The molecule has 0 aromatic carbocycles. The molecule has 1 aliphatic rings. The number of aryl methyl sites for hydroxylation is 1. The SMILES string of the molecule is Cc1ccc(C#N)nc1N1CCCOC(C)C1. The first-order valence-electron chi connectivity index (χ1n) is 5.95. The molecule has 1 aliphatic heterocycles. The highest BCUT2D eigenvalue weighted by atomic mass is 16.5. The third kappa shape index (κ3) is 2.75. The van der Waals surface area contributed by atoms with E-state index in [-0.39, 0.29) is 6.10 Å². The Hall–Kier alpha value is -1.60. The lowest BCUT2D eigenvalue weighted by Crippen LogP contribution is -2.31. The van der Waals surface area contributed by atoms with E-state index < -0.39 is 0 Å². The summed E-state index contributed by atoms with van der Waals surface area (Å²) in [6.45, 7) is 6.67. The average Bonchev–Trinajstić information content (AvgIpc) is 2.54. The van der Waals surface area contributed by atoms with Gasteiger partial charge in [0.05, 0.1) is 6.10 Å². The van der Waals surface area contributed by atoms with Gasteiger partial charge in [0.15, 0.2) is 0 Å². The number of rotatable bonds is 1. The largest absolute Gasteiger partial charge is 0.377 e. The van der Waals surface area contributed by atoms with Gasteiger partial charge in [-0.2, -0.15) is 5.26 Å². The first-order chi connectivity index (χ1) is 8.20. The van der Waals surface area contributed by atoms with Crippen molar-refractivity contribution in [3.05, 3.63) is 23.4 Å². The number of nitrogens with zero attached hydrogens (tertiary/aromatic N) is 3. The summed E-state index contributed by atoms with van der Waals surface area (Å²) in [7, 11) is 0. The van der Waals surface area contributed by atoms with Gasteiger partial charge >= 0.3 is 0 Å². The highest BCUT2D eigenvalue weighted by molar-refractivity contribution is 5.48. The monoisotopic (exact) mass is 231 g/mol. The molecule has 17 heavy (non-hydrogen) atoms. The van der Waals surface area contributed by atoms with Crippen LogP contribution in [0.1, 0.15) is 24.6 Å². The minimum absolute atomic E-state index is 0.212. The van der Waals surface area contributed by atoms with Gasteiger partial charge in [-0.3, -0.25) is 0 Å². The average molecular weight is 231 g/mol. The van der Waals surface area contributed by atoms with Crippen molar-refractivity contribution in [2.24, 2.45) is 0 Å². The van der Waals surface area contributed by atoms with Gasteiger partial charge in [-0.15, -0.1) is 0 Å². The van der Waals surface area contributed by atoms with Crippen LogP contribution in [0.4, 0.5) is 5.82 Å². The zero-order chi connectivity index (χ0) is 12.3. The summed E-state index contributed by atoms with van der Waals surface area (Å²) in [5.41, 5.74) is 1.58. The number of nitriles is 1. The highest BCUT2D eigenvalue weighted by Crippen LogP contribution is 2.20. The first kappa shape index (κ1) is 11.9. The van der Waals surface area contributed by atoms with Crippen LogP contribution in [0.25, 0.3) is 0 Å². The molecule has 4 nitrogen and oxygen atoms in total.